The van der Waals surface area contributed by atoms with Crippen molar-refractivity contribution in [3.05, 3.63) is 23.8 Å². The Kier molecular flexibility index (Phi) is 5.21. The number of benzene rings is 1. The van der Waals surface area contributed by atoms with Gasteiger partial charge < -0.3 is 20.1 Å². The van der Waals surface area contributed by atoms with Crippen LogP contribution in [0.3, 0.4) is 0 Å². The topological polar surface area (TPSA) is 47.7 Å². The van der Waals surface area contributed by atoms with E-state index in [1.165, 1.54) is 50.8 Å². The van der Waals surface area contributed by atoms with E-state index in [2.05, 4.69) is 24.1 Å². The molecule has 1 unspecified atom stereocenters. The average molecular weight is 304 g/mol. The summed E-state index contributed by atoms with van der Waals surface area (Å²) in [6.45, 7) is 3.55. The number of likely N-dealkylation sites (tertiary alicyclic amines) is 1. The molecular formula is C18H28N2O2. The number of ether oxygens (including phenoxy) is 2. The number of nitrogens with zero attached hydrogens (tertiary/aromatic N) is 1. The summed E-state index contributed by atoms with van der Waals surface area (Å²) < 4.78 is 10.9. The minimum Gasteiger partial charge on any atom is -0.454 e. The van der Waals surface area contributed by atoms with Gasteiger partial charge in [0.1, 0.15) is 0 Å². The van der Waals surface area contributed by atoms with Crippen LogP contribution < -0.4 is 15.2 Å². The maximum atomic E-state index is 6.01. The van der Waals surface area contributed by atoms with Crippen molar-refractivity contribution in [2.75, 3.05) is 33.5 Å². The summed E-state index contributed by atoms with van der Waals surface area (Å²) in [5.74, 6) is 3.06. The quantitative estimate of drug-likeness (QED) is 0.878. The van der Waals surface area contributed by atoms with Crippen LogP contribution in [0.15, 0.2) is 18.2 Å². The Morgan fingerprint density at radius 1 is 1.23 bits per heavy atom. The molecule has 2 aliphatic rings. The molecule has 0 bridgehead atoms. The highest BCUT2D eigenvalue weighted by atomic mass is 16.7. The van der Waals surface area contributed by atoms with E-state index in [1.54, 1.807) is 0 Å². The van der Waals surface area contributed by atoms with Gasteiger partial charge in [0.05, 0.1) is 0 Å². The first-order valence-electron chi connectivity index (χ1n) is 8.54. The Morgan fingerprint density at radius 3 is 2.77 bits per heavy atom. The molecule has 0 aliphatic carbocycles. The molecule has 0 aromatic heterocycles. The maximum absolute atomic E-state index is 6.01. The van der Waals surface area contributed by atoms with Crippen LogP contribution >= 0.6 is 0 Å². The van der Waals surface area contributed by atoms with Gasteiger partial charge in [0.15, 0.2) is 11.5 Å². The van der Waals surface area contributed by atoms with Crippen LogP contribution in [0, 0.1) is 5.92 Å². The number of fused-ring (bicyclic) bond motifs is 1. The monoisotopic (exact) mass is 304 g/mol. The summed E-state index contributed by atoms with van der Waals surface area (Å²) >= 11 is 0. The zero-order valence-electron chi connectivity index (χ0n) is 13.6. The number of rotatable bonds is 6. The third-order valence-corrected chi connectivity index (χ3v) is 5.16. The largest absolute Gasteiger partial charge is 0.454 e. The summed E-state index contributed by atoms with van der Waals surface area (Å²) in [5, 5.41) is 0. The molecule has 0 saturated carbocycles. The van der Waals surface area contributed by atoms with Crippen LogP contribution in [0.4, 0.5) is 0 Å². The van der Waals surface area contributed by atoms with Crippen LogP contribution in [-0.4, -0.2) is 38.4 Å². The number of nitrogens with two attached hydrogens (primary N) is 1. The van der Waals surface area contributed by atoms with Crippen LogP contribution in [0.1, 0.15) is 43.6 Å². The fraction of sp³-hybridized carbons (Fsp3) is 0.667. The number of piperidine rings is 1. The van der Waals surface area contributed by atoms with Gasteiger partial charge in [0.2, 0.25) is 6.79 Å². The molecule has 0 spiro atoms. The van der Waals surface area contributed by atoms with Crippen molar-refractivity contribution in [3.63, 3.8) is 0 Å². The lowest BCUT2D eigenvalue weighted by atomic mass is 9.88. The Labute approximate surface area is 133 Å². The minimum absolute atomic E-state index is 0.336. The van der Waals surface area contributed by atoms with Crippen molar-refractivity contribution >= 4 is 0 Å². The molecule has 22 heavy (non-hydrogen) atoms. The van der Waals surface area contributed by atoms with E-state index in [0.29, 0.717) is 19.3 Å². The Morgan fingerprint density at radius 2 is 2.00 bits per heavy atom. The highest BCUT2D eigenvalue weighted by Gasteiger charge is 2.19. The molecule has 1 aromatic carbocycles. The molecule has 0 amide bonds. The van der Waals surface area contributed by atoms with E-state index in [1.807, 2.05) is 6.07 Å². The Balaban J connectivity index is 1.49. The van der Waals surface area contributed by atoms with Crippen molar-refractivity contribution < 1.29 is 9.47 Å². The lowest BCUT2D eigenvalue weighted by Gasteiger charge is -2.29. The number of hydrogen-bond donors (Lipinski definition) is 1. The Bertz CT molecular complexity index is 484. The van der Waals surface area contributed by atoms with E-state index in [9.17, 15) is 0 Å². The predicted octanol–water partition coefficient (Wildman–Crippen LogP) is 2.97. The molecule has 3 rings (SSSR count). The second kappa shape index (κ2) is 7.34. The molecule has 122 valence electrons. The van der Waals surface area contributed by atoms with E-state index < -0.39 is 0 Å². The fourth-order valence-electron chi connectivity index (χ4n) is 3.59. The summed E-state index contributed by atoms with van der Waals surface area (Å²) in [6.07, 6.45) is 6.49. The smallest absolute Gasteiger partial charge is 0.231 e. The van der Waals surface area contributed by atoms with Crippen LogP contribution in [0.25, 0.3) is 0 Å². The molecule has 2 N–H and O–H groups in total. The van der Waals surface area contributed by atoms with E-state index in [4.69, 9.17) is 15.2 Å². The maximum Gasteiger partial charge on any atom is 0.231 e. The standard InChI is InChI=1S/C18H28N2O2/c1-20-9-7-14(8-10-20)3-2-4-16(12-19)15-5-6-17-18(11-15)22-13-21-17/h5-6,11,14,16H,2-4,7-10,12-13,19H2,1H3. The van der Waals surface area contributed by atoms with E-state index in [-0.39, 0.29) is 0 Å². The van der Waals surface area contributed by atoms with Gasteiger partial charge in [-0.2, -0.15) is 0 Å². The van der Waals surface area contributed by atoms with Crippen LogP contribution in [0.2, 0.25) is 0 Å². The lowest BCUT2D eigenvalue weighted by molar-refractivity contribution is 0.174. The minimum atomic E-state index is 0.336. The van der Waals surface area contributed by atoms with E-state index in [0.717, 1.165) is 17.4 Å². The Hall–Kier alpha value is -1.26. The van der Waals surface area contributed by atoms with Gasteiger partial charge in [-0.05, 0) is 75.5 Å². The molecule has 2 aliphatic heterocycles. The van der Waals surface area contributed by atoms with Gasteiger partial charge in [-0.15, -0.1) is 0 Å². The van der Waals surface area contributed by atoms with Gasteiger partial charge in [-0.1, -0.05) is 18.9 Å². The molecule has 1 aromatic rings. The van der Waals surface area contributed by atoms with Crippen molar-refractivity contribution in [1.82, 2.24) is 4.90 Å². The van der Waals surface area contributed by atoms with Gasteiger partial charge >= 0.3 is 0 Å². The van der Waals surface area contributed by atoms with Crippen molar-refractivity contribution in [1.29, 1.82) is 0 Å². The molecule has 0 radical (unpaired) electrons. The zero-order valence-corrected chi connectivity index (χ0v) is 13.6. The predicted molar refractivity (Wildman–Crippen MR) is 88.4 cm³/mol. The summed E-state index contributed by atoms with van der Waals surface area (Å²) in [7, 11) is 2.22. The zero-order chi connectivity index (χ0) is 15.4. The molecule has 4 nitrogen and oxygen atoms in total. The van der Waals surface area contributed by atoms with Crippen molar-refractivity contribution in [2.45, 2.75) is 38.0 Å². The first-order valence-corrected chi connectivity index (χ1v) is 8.54. The van der Waals surface area contributed by atoms with Gasteiger partial charge in [-0.25, -0.2) is 0 Å². The SMILES string of the molecule is CN1CCC(CCCC(CN)c2ccc3c(c2)OCO3)CC1. The summed E-state index contributed by atoms with van der Waals surface area (Å²) in [6, 6.07) is 6.26. The molecule has 2 heterocycles. The lowest BCUT2D eigenvalue weighted by Crippen LogP contribution is -2.30. The second-order valence-electron chi connectivity index (χ2n) is 6.72. The fourth-order valence-corrected chi connectivity index (χ4v) is 3.59. The average Bonchev–Trinajstić information content (AvgIpc) is 3.01. The number of hydrogen-bond acceptors (Lipinski definition) is 4. The first kappa shape index (κ1) is 15.6. The van der Waals surface area contributed by atoms with Crippen LogP contribution in [0.5, 0.6) is 11.5 Å². The van der Waals surface area contributed by atoms with Crippen LogP contribution in [-0.2, 0) is 0 Å². The molecular weight excluding hydrogens is 276 g/mol. The molecule has 1 saturated heterocycles. The molecule has 4 heteroatoms. The van der Waals surface area contributed by atoms with Crippen molar-refractivity contribution in [2.24, 2.45) is 11.7 Å². The second-order valence-corrected chi connectivity index (χ2v) is 6.72. The molecule has 1 atom stereocenters. The van der Waals surface area contributed by atoms with Gasteiger partial charge in [-0.3, -0.25) is 0 Å². The third-order valence-electron chi connectivity index (χ3n) is 5.16. The molecule has 1 fully saturated rings. The third kappa shape index (κ3) is 3.73. The van der Waals surface area contributed by atoms with Crippen molar-refractivity contribution in [3.8, 4) is 11.5 Å². The normalized spacial score (nSPS) is 20.3. The summed E-state index contributed by atoms with van der Waals surface area (Å²) in [4.78, 5) is 2.44. The van der Waals surface area contributed by atoms with E-state index >= 15 is 0 Å². The van der Waals surface area contributed by atoms with Gasteiger partial charge in [0.25, 0.3) is 0 Å². The first-order chi connectivity index (χ1) is 10.8. The summed E-state index contributed by atoms with van der Waals surface area (Å²) in [5.41, 5.74) is 7.30. The van der Waals surface area contributed by atoms with Gasteiger partial charge in [0, 0.05) is 0 Å². The highest BCUT2D eigenvalue weighted by molar-refractivity contribution is 5.45. The highest BCUT2D eigenvalue weighted by Crippen LogP contribution is 2.35.